The highest BCUT2D eigenvalue weighted by Gasteiger charge is 1.90. The van der Waals surface area contributed by atoms with Gasteiger partial charge in [0.25, 0.3) is 0 Å². The van der Waals surface area contributed by atoms with E-state index >= 15 is 0 Å². The van der Waals surface area contributed by atoms with Crippen molar-refractivity contribution in [3.05, 3.63) is 35.7 Å². The number of hydrogen-bond acceptors (Lipinski definition) is 3. The smallest absolute Gasteiger partial charge is 0.0992 e. The van der Waals surface area contributed by atoms with Crippen LogP contribution in [-0.2, 0) is 0 Å². The van der Waals surface area contributed by atoms with E-state index in [1.807, 2.05) is 12.1 Å². The number of rotatable bonds is 2. The SMILES string of the molecule is N#CCC=Cc1cc(C#N)ccn1. The second-order valence-electron chi connectivity index (χ2n) is 2.35. The summed E-state index contributed by atoms with van der Waals surface area (Å²) in [6.45, 7) is 0. The second kappa shape index (κ2) is 4.69. The molecule has 0 unspecified atom stereocenters. The first-order valence-corrected chi connectivity index (χ1v) is 3.76. The molecule has 0 amide bonds. The predicted molar refractivity (Wildman–Crippen MR) is 48.2 cm³/mol. The molecule has 0 spiro atoms. The van der Waals surface area contributed by atoms with Gasteiger partial charge in [-0.25, -0.2) is 0 Å². The van der Waals surface area contributed by atoms with Crippen LogP contribution >= 0.6 is 0 Å². The van der Waals surface area contributed by atoms with Gasteiger partial charge in [-0.3, -0.25) is 4.98 Å². The number of pyridine rings is 1. The van der Waals surface area contributed by atoms with E-state index in [1.54, 1.807) is 30.5 Å². The van der Waals surface area contributed by atoms with Crippen molar-refractivity contribution in [2.45, 2.75) is 6.42 Å². The van der Waals surface area contributed by atoms with Crippen LogP contribution in [0, 0.1) is 22.7 Å². The van der Waals surface area contributed by atoms with Gasteiger partial charge < -0.3 is 0 Å². The van der Waals surface area contributed by atoms with Crippen molar-refractivity contribution < 1.29 is 0 Å². The van der Waals surface area contributed by atoms with E-state index in [0.29, 0.717) is 17.7 Å². The minimum Gasteiger partial charge on any atom is -0.257 e. The Hall–Kier alpha value is -2.13. The topological polar surface area (TPSA) is 60.5 Å². The van der Waals surface area contributed by atoms with Crippen LogP contribution in [0.3, 0.4) is 0 Å². The third kappa shape index (κ3) is 2.76. The van der Waals surface area contributed by atoms with Crippen molar-refractivity contribution in [2.75, 3.05) is 0 Å². The molecule has 3 heteroatoms. The summed E-state index contributed by atoms with van der Waals surface area (Å²) < 4.78 is 0. The Labute approximate surface area is 76.6 Å². The Morgan fingerprint density at radius 2 is 2.31 bits per heavy atom. The van der Waals surface area contributed by atoms with E-state index in [2.05, 4.69) is 4.98 Å². The van der Waals surface area contributed by atoms with Crippen LogP contribution < -0.4 is 0 Å². The zero-order valence-electron chi connectivity index (χ0n) is 6.94. The van der Waals surface area contributed by atoms with Crippen molar-refractivity contribution in [1.82, 2.24) is 4.98 Å². The number of hydrogen-bond donors (Lipinski definition) is 0. The van der Waals surface area contributed by atoms with Crippen LogP contribution in [0.1, 0.15) is 17.7 Å². The lowest BCUT2D eigenvalue weighted by Gasteiger charge is -1.91. The first-order chi connectivity index (χ1) is 6.36. The van der Waals surface area contributed by atoms with Crippen molar-refractivity contribution >= 4 is 6.08 Å². The van der Waals surface area contributed by atoms with Gasteiger partial charge in [0, 0.05) is 6.20 Å². The van der Waals surface area contributed by atoms with E-state index < -0.39 is 0 Å². The van der Waals surface area contributed by atoms with Crippen LogP contribution in [0.5, 0.6) is 0 Å². The van der Waals surface area contributed by atoms with E-state index in [0.717, 1.165) is 0 Å². The number of aromatic nitrogens is 1. The molecule has 0 atom stereocenters. The van der Waals surface area contributed by atoms with E-state index in [9.17, 15) is 0 Å². The minimum absolute atomic E-state index is 0.360. The summed E-state index contributed by atoms with van der Waals surface area (Å²) in [5.41, 5.74) is 1.28. The van der Waals surface area contributed by atoms with E-state index in [1.165, 1.54) is 0 Å². The zero-order valence-corrected chi connectivity index (χ0v) is 6.94. The lowest BCUT2D eigenvalue weighted by Crippen LogP contribution is -1.81. The van der Waals surface area contributed by atoms with Crippen molar-refractivity contribution in [2.24, 2.45) is 0 Å². The fourth-order valence-corrected chi connectivity index (χ4v) is 0.841. The third-order valence-electron chi connectivity index (χ3n) is 1.41. The van der Waals surface area contributed by atoms with Crippen LogP contribution in [0.2, 0.25) is 0 Å². The first-order valence-electron chi connectivity index (χ1n) is 3.76. The molecule has 0 saturated heterocycles. The highest BCUT2D eigenvalue weighted by atomic mass is 14.7. The molecular weight excluding hydrogens is 162 g/mol. The fraction of sp³-hybridized carbons (Fsp3) is 0.100. The molecule has 62 valence electrons. The van der Waals surface area contributed by atoms with Gasteiger partial charge in [0.05, 0.1) is 29.8 Å². The van der Waals surface area contributed by atoms with Gasteiger partial charge >= 0.3 is 0 Å². The largest absolute Gasteiger partial charge is 0.257 e. The molecular formula is C10H7N3. The van der Waals surface area contributed by atoms with Gasteiger partial charge in [-0.2, -0.15) is 10.5 Å². The molecule has 13 heavy (non-hydrogen) atoms. The van der Waals surface area contributed by atoms with Crippen LogP contribution in [0.4, 0.5) is 0 Å². The Kier molecular flexibility index (Phi) is 3.23. The summed E-state index contributed by atoms with van der Waals surface area (Å²) in [6.07, 6.45) is 5.37. The molecule has 0 aliphatic carbocycles. The van der Waals surface area contributed by atoms with Gasteiger partial charge in [-0.1, -0.05) is 6.08 Å². The Balaban J connectivity index is 2.80. The first kappa shape index (κ1) is 8.96. The standard InChI is InChI=1S/C10H7N3/c11-5-2-1-3-10-7-9(8-12)4-6-13-10/h1,3-4,6-7H,2H2. The summed E-state index contributed by atoms with van der Waals surface area (Å²) in [7, 11) is 0. The third-order valence-corrected chi connectivity index (χ3v) is 1.41. The molecule has 3 nitrogen and oxygen atoms in total. The molecule has 1 rings (SSSR count). The lowest BCUT2D eigenvalue weighted by molar-refractivity contribution is 1.27. The average molecular weight is 169 g/mol. The Morgan fingerprint density at radius 1 is 1.46 bits per heavy atom. The molecule has 0 bridgehead atoms. The summed E-state index contributed by atoms with van der Waals surface area (Å²) in [5, 5.41) is 16.9. The summed E-state index contributed by atoms with van der Waals surface area (Å²) >= 11 is 0. The molecule has 1 aromatic heterocycles. The molecule has 1 aromatic rings. The Bertz CT molecular complexity index is 393. The van der Waals surface area contributed by atoms with Gasteiger partial charge in [0.1, 0.15) is 0 Å². The molecule has 1 heterocycles. The molecule has 0 radical (unpaired) electrons. The Morgan fingerprint density at radius 3 is 3.00 bits per heavy atom. The van der Waals surface area contributed by atoms with Crippen LogP contribution in [-0.4, -0.2) is 4.98 Å². The highest BCUT2D eigenvalue weighted by Crippen LogP contribution is 2.02. The molecule has 0 N–H and O–H groups in total. The normalized spacial score (nSPS) is 9.38. The van der Waals surface area contributed by atoms with Crippen LogP contribution in [0.15, 0.2) is 24.4 Å². The zero-order chi connectivity index (χ0) is 9.52. The minimum atomic E-state index is 0.360. The maximum atomic E-state index is 8.58. The second-order valence-corrected chi connectivity index (χ2v) is 2.35. The molecule has 0 aromatic carbocycles. The van der Waals surface area contributed by atoms with Gasteiger partial charge in [0.2, 0.25) is 0 Å². The van der Waals surface area contributed by atoms with E-state index in [-0.39, 0.29) is 0 Å². The van der Waals surface area contributed by atoms with Gasteiger partial charge in [0.15, 0.2) is 0 Å². The number of allylic oxidation sites excluding steroid dienone is 1. The van der Waals surface area contributed by atoms with Crippen molar-refractivity contribution in [3.8, 4) is 12.1 Å². The van der Waals surface area contributed by atoms with E-state index in [4.69, 9.17) is 10.5 Å². The maximum absolute atomic E-state index is 8.58. The average Bonchev–Trinajstić information content (AvgIpc) is 2.19. The van der Waals surface area contributed by atoms with Crippen molar-refractivity contribution in [3.63, 3.8) is 0 Å². The fourth-order valence-electron chi connectivity index (χ4n) is 0.841. The lowest BCUT2D eigenvalue weighted by atomic mass is 10.2. The highest BCUT2D eigenvalue weighted by molar-refractivity contribution is 5.47. The summed E-state index contributed by atoms with van der Waals surface area (Å²) in [5.74, 6) is 0. The molecule has 0 aliphatic heterocycles. The molecule has 0 saturated carbocycles. The summed E-state index contributed by atoms with van der Waals surface area (Å²) in [4.78, 5) is 4.01. The van der Waals surface area contributed by atoms with Crippen LogP contribution in [0.25, 0.3) is 6.08 Å². The van der Waals surface area contributed by atoms with Gasteiger partial charge in [-0.15, -0.1) is 0 Å². The predicted octanol–water partition coefficient (Wildman–Crippen LogP) is 1.88. The monoisotopic (exact) mass is 169 g/mol. The number of nitriles is 2. The summed E-state index contributed by atoms with van der Waals surface area (Å²) in [6, 6.07) is 7.32. The molecule has 0 aliphatic rings. The quantitative estimate of drug-likeness (QED) is 0.679. The number of nitrogens with zero attached hydrogens (tertiary/aromatic N) is 3. The van der Waals surface area contributed by atoms with Gasteiger partial charge in [-0.05, 0) is 18.2 Å². The maximum Gasteiger partial charge on any atom is 0.0992 e. The van der Waals surface area contributed by atoms with Crippen molar-refractivity contribution in [1.29, 1.82) is 10.5 Å². The molecule has 0 fully saturated rings.